The molecule has 0 bridgehead atoms. The summed E-state index contributed by atoms with van der Waals surface area (Å²) < 4.78 is 0. The number of rotatable bonds is 4. The molecular formula is C11H21N3O2. The van der Waals surface area contributed by atoms with Gasteiger partial charge in [0.1, 0.15) is 5.54 Å². The molecule has 92 valence electrons. The van der Waals surface area contributed by atoms with Crippen molar-refractivity contribution < 1.29 is 9.59 Å². The van der Waals surface area contributed by atoms with Gasteiger partial charge in [0.05, 0.1) is 0 Å². The van der Waals surface area contributed by atoms with E-state index in [-0.39, 0.29) is 18.5 Å². The zero-order valence-electron chi connectivity index (χ0n) is 10.5. The summed E-state index contributed by atoms with van der Waals surface area (Å²) >= 11 is 0. The Hall–Kier alpha value is -1.10. The number of nitrogens with zero attached hydrogens (tertiary/aromatic N) is 1. The van der Waals surface area contributed by atoms with Crippen LogP contribution in [0.4, 0.5) is 4.79 Å². The minimum atomic E-state index is -0.806. The summed E-state index contributed by atoms with van der Waals surface area (Å²) in [5.41, 5.74) is 4.83. The summed E-state index contributed by atoms with van der Waals surface area (Å²) in [6, 6.07) is -0.341. The standard InChI is InChI=1S/C11H21N3O2/c1-5-11(12,6-2)7-14-8(15)10(3,4)13-9(14)16/h5-7,12H2,1-4H3,(H,13,16). The normalized spacial score (nSPS) is 20.2. The number of carbonyl (C=O) groups excluding carboxylic acids is 2. The third kappa shape index (κ3) is 2.19. The lowest BCUT2D eigenvalue weighted by Gasteiger charge is -2.30. The van der Waals surface area contributed by atoms with Gasteiger partial charge in [-0.15, -0.1) is 0 Å². The topological polar surface area (TPSA) is 75.4 Å². The van der Waals surface area contributed by atoms with Crippen LogP contribution in [0.25, 0.3) is 0 Å². The van der Waals surface area contributed by atoms with E-state index in [4.69, 9.17) is 5.73 Å². The average molecular weight is 227 g/mol. The molecule has 0 spiro atoms. The SMILES string of the molecule is CCC(N)(CC)CN1C(=O)NC(C)(C)C1=O. The van der Waals surface area contributed by atoms with E-state index >= 15 is 0 Å². The van der Waals surface area contributed by atoms with Gasteiger partial charge in [0.25, 0.3) is 5.91 Å². The van der Waals surface area contributed by atoms with E-state index < -0.39 is 11.1 Å². The van der Waals surface area contributed by atoms with Crippen LogP contribution in [-0.4, -0.2) is 34.5 Å². The number of urea groups is 1. The van der Waals surface area contributed by atoms with Crippen molar-refractivity contribution in [3.05, 3.63) is 0 Å². The molecule has 1 heterocycles. The Balaban J connectivity index is 2.83. The molecule has 0 radical (unpaired) electrons. The minimum Gasteiger partial charge on any atom is -0.324 e. The average Bonchev–Trinajstić information content (AvgIpc) is 2.40. The van der Waals surface area contributed by atoms with Crippen molar-refractivity contribution in [2.45, 2.75) is 51.6 Å². The third-order valence-electron chi connectivity index (χ3n) is 3.33. The molecule has 16 heavy (non-hydrogen) atoms. The van der Waals surface area contributed by atoms with Gasteiger partial charge in [0, 0.05) is 12.1 Å². The molecule has 0 aromatic carbocycles. The molecule has 0 atom stereocenters. The molecule has 1 saturated heterocycles. The number of nitrogens with one attached hydrogen (secondary N) is 1. The van der Waals surface area contributed by atoms with E-state index in [0.29, 0.717) is 0 Å². The van der Waals surface area contributed by atoms with Gasteiger partial charge in [0.15, 0.2) is 0 Å². The van der Waals surface area contributed by atoms with Crippen molar-refractivity contribution in [3.8, 4) is 0 Å². The Morgan fingerprint density at radius 2 is 1.81 bits per heavy atom. The highest BCUT2D eigenvalue weighted by Gasteiger charge is 2.46. The summed E-state index contributed by atoms with van der Waals surface area (Å²) in [4.78, 5) is 24.8. The van der Waals surface area contributed by atoms with E-state index in [1.807, 2.05) is 13.8 Å². The van der Waals surface area contributed by atoms with Crippen LogP contribution in [0, 0.1) is 0 Å². The summed E-state index contributed by atoms with van der Waals surface area (Å²) in [6.45, 7) is 7.61. The molecule has 0 unspecified atom stereocenters. The molecule has 0 aliphatic carbocycles. The predicted molar refractivity (Wildman–Crippen MR) is 61.8 cm³/mol. The van der Waals surface area contributed by atoms with Crippen LogP contribution in [0.5, 0.6) is 0 Å². The summed E-state index contributed by atoms with van der Waals surface area (Å²) in [7, 11) is 0. The second-order valence-electron chi connectivity index (χ2n) is 5.02. The highest BCUT2D eigenvalue weighted by Crippen LogP contribution is 2.21. The Kier molecular flexibility index (Phi) is 3.28. The number of carbonyl (C=O) groups is 2. The Labute approximate surface area is 96.4 Å². The highest BCUT2D eigenvalue weighted by atomic mass is 16.2. The van der Waals surface area contributed by atoms with Gasteiger partial charge in [-0.3, -0.25) is 9.69 Å². The van der Waals surface area contributed by atoms with Crippen LogP contribution in [0.2, 0.25) is 0 Å². The monoisotopic (exact) mass is 227 g/mol. The number of hydrogen-bond acceptors (Lipinski definition) is 3. The lowest BCUT2D eigenvalue weighted by atomic mass is 9.93. The molecular weight excluding hydrogens is 206 g/mol. The van der Waals surface area contributed by atoms with Gasteiger partial charge < -0.3 is 11.1 Å². The molecule has 1 aliphatic rings. The summed E-state index contributed by atoms with van der Waals surface area (Å²) in [5, 5.41) is 2.65. The second kappa shape index (κ2) is 4.05. The fraction of sp³-hybridized carbons (Fsp3) is 0.818. The summed E-state index contributed by atoms with van der Waals surface area (Å²) in [6.07, 6.45) is 1.47. The van der Waals surface area contributed by atoms with Gasteiger partial charge in [-0.25, -0.2) is 4.79 Å². The van der Waals surface area contributed by atoms with E-state index in [0.717, 1.165) is 12.8 Å². The largest absolute Gasteiger partial charge is 0.325 e. The maximum atomic E-state index is 11.9. The first-order chi connectivity index (χ1) is 7.25. The lowest BCUT2D eigenvalue weighted by molar-refractivity contribution is -0.130. The van der Waals surface area contributed by atoms with Crippen molar-refractivity contribution in [3.63, 3.8) is 0 Å². The van der Waals surface area contributed by atoms with Gasteiger partial charge in [0.2, 0.25) is 0 Å². The first-order valence-electron chi connectivity index (χ1n) is 5.69. The maximum absolute atomic E-state index is 11.9. The van der Waals surface area contributed by atoms with Crippen molar-refractivity contribution in [1.29, 1.82) is 0 Å². The molecule has 0 aromatic rings. The van der Waals surface area contributed by atoms with Gasteiger partial charge in [-0.2, -0.15) is 0 Å². The molecule has 1 rings (SSSR count). The van der Waals surface area contributed by atoms with E-state index in [9.17, 15) is 9.59 Å². The molecule has 0 saturated carbocycles. The van der Waals surface area contributed by atoms with Crippen LogP contribution < -0.4 is 11.1 Å². The van der Waals surface area contributed by atoms with Gasteiger partial charge in [-0.05, 0) is 26.7 Å². The number of hydrogen-bond donors (Lipinski definition) is 2. The maximum Gasteiger partial charge on any atom is 0.325 e. The van der Waals surface area contributed by atoms with E-state index in [1.54, 1.807) is 13.8 Å². The molecule has 5 heteroatoms. The number of amides is 3. The zero-order chi connectivity index (χ0) is 12.6. The minimum absolute atomic E-state index is 0.200. The van der Waals surface area contributed by atoms with Crippen LogP contribution in [-0.2, 0) is 4.79 Å². The smallest absolute Gasteiger partial charge is 0.324 e. The Bertz CT molecular complexity index is 308. The fourth-order valence-corrected chi connectivity index (χ4v) is 1.75. The first-order valence-corrected chi connectivity index (χ1v) is 5.69. The van der Waals surface area contributed by atoms with Crippen LogP contribution >= 0.6 is 0 Å². The van der Waals surface area contributed by atoms with Crippen molar-refractivity contribution >= 4 is 11.9 Å². The van der Waals surface area contributed by atoms with Crippen LogP contribution in [0.3, 0.4) is 0 Å². The number of nitrogens with two attached hydrogens (primary N) is 1. The lowest BCUT2D eigenvalue weighted by Crippen LogP contribution is -2.51. The fourth-order valence-electron chi connectivity index (χ4n) is 1.75. The molecule has 0 aromatic heterocycles. The summed E-state index contributed by atoms with van der Waals surface area (Å²) in [5.74, 6) is -0.200. The predicted octanol–water partition coefficient (Wildman–Crippen LogP) is 0.834. The molecule has 1 fully saturated rings. The van der Waals surface area contributed by atoms with Crippen molar-refractivity contribution in [2.24, 2.45) is 5.73 Å². The van der Waals surface area contributed by atoms with Crippen molar-refractivity contribution in [2.75, 3.05) is 6.54 Å². The van der Waals surface area contributed by atoms with Gasteiger partial charge >= 0.3 is 6.03 Å². The quantitative estimate of drug-likeness (QED) is 0.699. The highest BCUT2D eigenvalue weighted by molar-refractivity contribution is 6.06. The second-order valence-corrected chi connectivity index (χ2v) is 5.02. The van der Waals surface area contributed by atoms with E-state index in [2.05, 4.69) is 5.32 Å². The third-order valence-corrected chi connectivity index (χ3v) is 3.33. The Morgan fingerprint density at radius 1 is 1.31 bits per heavy atom. The van der Waals surface area contributed by atoms with Crippen LogP contribution in [0.1, 0.15) is 40.5 Å². The molecule has 3 N–H and O–H groups in total. The van der Waals surface area contributed by atoms with Crippen LogP contribution in [0.15, 0.2) is 0 Å². The van der Waals surface area contributed by atoms with Gasteiger partial charge in [-0.1, -0.05) is 13.8 Å². The Morgan fingerprint density at radius 3 is 2.12 bits per heavy atom. The first kappa shape index (κ1) is 13.0. The molecule has 1 aliphatic heterocycles. The van der Waals surface area contributed by atoms with E-state index in [1.165, 1.54) is 4.90 Å². The van der Waals surface area contributed by atoms with Crippen molar-refractivity contribution in [1.82, 2.24) is 10.2 Å². The molecule has 5 nitrogen and oxygen atoms in total. The number of imide groups is 1. The zero-order valence-corrected chi connectivity index (χ0v) is 10.5. The molecule has 3 amide bonds.